The highest BCUT2D eigenvalue weighted by molar-refractivity contribution is 5.89. The van der Waals surface area contributed by atoms with Crippen LogP contribution in [0.4, 0.5) is 0 Å². The third kappa shape index (κ3) is 3.93. The van der Waals surface area contributed by atoms with E-state index in [1.54, 1.807) is 4.90 Å². The maximum Gasteiger partial charge on any atom is 0.307 e. The summed E-state index contributed by atoms with van der Waals surface area (Å²) < 4.78 is 0. The Morgan fingerprint density at radius 3 is 2.43 bits per heavy atom. The Labute approximate surface area is 124 Å². The van der Waals surface area contributed by atoms with Crippen LogP contribution in [0.2, 0.25) is 0 Å². The van der Waals surface area contributed by atoms with Gasteiger partial charge in [0.25, 0.3) is 0 Å². The molecule has 0 bridgehead atoms. The molecule has 0 radical (unpaired) electrons. The molecule has 2 aliphatic rings. The maximum atomic E-state index is 12.1. The molecule has 1 heterocycles. The smallest absolute Gasteiger partial charge is 0.307 e. The van der Waals surface area contributed by atoms with Crippen molar-refractivity contribution in [2.75, 3.05) is 32.7 Å². The molecular formula is C14H23N3O4. The van der Waals surface area contributed by atoms with E-state index in [0.29, 0.717) is 25.9 Å². The van der Waals surface area contributed by atoms with Crippen molar-refractivity contribution in [3.8, 4) is 0 Å². The highest BCUT2D eigenvalue weighted by Crippen LogP contribution is 2.36. The van der Waals surface area contributed by atoms with Crippen molar-refractivity contribution in [3.05, 3.63) is 0 Å². The summed E-state index contributed by atoms with van der Waals surface area (Å²) in [6.45, 7) is 4.73. The summed E-state index contributed by atoms with van der Waals surface area (Å²) >= 11 is 0. The number of carboxylic acid groups (broad SMARTS) is 1. The summed E-state index contributed by atoms with van der Waals surface area (Å²) in [5, 5.41) is 14.9. The number of carbonyl (C=O) groups is 3. The van der Waals surface area contributed by atoms with Crippen LogP contribution in [0, 0.1) is 17.8 Å². The molecule has 7 nitrogen and oxygen atoms in total. The van der Waals surface area contributed by atoms with Crippen LogP contribution < -0.4 is 10.6 Å². The normalized spacial score (nSPS) is 29.2. The molecule has 0 spiro atoms. The molecule has 2 fully saturated rings. The van der Waals surface area contributed by atoms with Crippen LogP contribution in [0.1, 0.15) is 19.8 Å². The van der Waals surface area contributed by atoms with Gasteiger partial charge in [0.2, 0.25) is 11.8 Å². The first-order chi connectivity index (χ1) is 9.99. The fraction of sp³-hybridized carbons (Fsp3) is 0.786. The molecule has 0 aromatic carbocycles. The van der Waals surface area contributed by atoms with E-state index in [0.717, 1.165) is 13.1 Å². The topological polar surface area (TPSA) is 98.7 Å². The van der Waals surface area contributed by atoms with Gasteiger partial charge in [-0.05, 0) is 18.8 Å². The number of rotatable bonds is 4. The van der Waals surface area contributed by atoms with Gasteiger partial charge in [0.05, 0.1) is 18.4 Å². The zero-order valence-corrected chi connectivity index (χ0v) is 12.3. The number of carbonyl (C=O) groups excluding carboxylic acids is 2. The van der Waals surface area contributed by atoms with Crippen molar-refractivity contribution in [2.45, 2.75) is 19.8 Å². The van der Waals surface area contributed by atoms with Crippen molar-refractivity contribution < 1.29 is 19.5 Å². The average Bonchev–Trinajstić information content (AvgIpc) is 2.87. The molecule has 3 N–H and O–H groups in total. The molecule has 21 heavy (non-hydrogen) atoms. The van der Waals surface area contributed by atoms with Gasteiger partial charge in [-0.15, -0.1) is 0 Å². The van der Waals surface area contributed by atoms with Crippen LogP contribution in [0.3, 0.4) is 0 Å². The van der Waals surface area contributed by atoms with Crippen LogP contribution >= 0.6 is 0 Å². The summed E-state index contributed by atoms with van der Waals surface area (Å²) in [6.07, 6.45) is 1.10. The van der Waals surface area contributed by atoms with Crippen LogP contribution in [0.15, 0.2) is 0 Å². The zero-order chi connectivity index (χ0) is 15.4. The summed E-state index contributed by atoms with van der Waals surface area (Å²) in [7, 11) is 0. The molecule has 1 unspecified atom stereocenters. The number of hydrogen-bond donors (Lipinski definition) is 3. The standard InChI is InChI=1S/C14H23N3O4/c1-9-6-10(11(7-9)14(20)21)13(19)16-8-12(18)17-4-2-15-3-5-17/h9-11,15H,2-8H2,1H3,(H,16,19)(H,20,21)/t9?,10-,11+/m0/s1. The molecule has 2 rings (SSSR count). The van der Waals surface area contributed by atoms with E-state index in [1.807, 2.05) is 6.92 Å². The molecule has 1 saturated carbocycles. The highest BCUT2D eigenvalue weighted by atomic mass is 16.4. The van der Waals surface area contributed by atoms with Gasteiger partial charge in [-0.25, -0.2) is 0 Å². The predicted octanol–water partition coefficient (Wildman–Crippen LogP) is -0.719. The molecule has 1 aliphatic carbocycles. The van der Waals surface area contributed by atoms with E-state index < -0.39 is 17.8 Å². The second kappa shape index (κ2) is 6.89. The summed E-state index contributed by atoms with van der Waals surface area (Å²) in [4.78, 5) is 37.0. The van der Waals surface area contributed by atoms with E-state index in [2.05, 4.69) is 10.6 Å². The SMILES string of the molecule is CC1C[C@H](C(=O)NCC(=O)N2CCNCC2)[C@H](C(=O)O)C1. The van der Waals surface area contributed by atoms with Crippen LogP contribution in [-0.2, 0) is 14.4 Å². The number of nitrogens with one attached hydrogen (secondary N) is 2. The van der Waals surface area contributed by atoms with Gasteiger partial charge in [-0.3, -0.25) is 14.4 Å². The van der Waals surface area contributed by atoms with Crippen molar-refractivity contribution in [1.29, 1.82) is 0 Å². The first-order valence-corrected chi connectivity index (χ1v) is 7.48. The van der Waals surface area contributed by atoms with Crippen LogP contribution in [0.5, 0.6) is 0 Å². The quantitative estimate of drug-likeness (QED) is 0.636. The van der Waals surface area contributed by atoms with Crippen molar-refractivity contribution in [3.63, 3.8) is 0 Å². The van der Waals surface area contributed by atoms with Crippen molar-refractivity contribution >= 4 is 17.8 Å². The Bertz CT molecular complexity index is 420. The van der Waals surface area contributed by atoms with E-state index >= 15 is 0 Å². The maximum absolute atomic E-state index is 12.1. The fourth-order valence-corrected chi connectivity index (χ4v) is 3.17. The molecule has 2 amide bonds. The first-order valence-electron chi connectivity index (χ1n) is 7.48. The lowest BCUT2D eigenvalue weighted by molar-refractivity contribution is -0.146. The monoisotopic (exact) mass is 297 g/mol. The van der Waals surface area contributed by atoms with E-state index in [4.69, 9.17) is 5.11 Å². The minimum atomic E-state index is -0.923. The first kappa shape index (κ1) is 15.8. The van der Waals surface area contributed by atoms with Gasteiger partial charge in [0.15, 0.2) is 0 Å². The third-order valence-electron chi connectivity index (χ3n) is 4.34. The van der Waals surface area contributed by atoms with Gasteiger partial charge in [0.1, 0.15) is 0 Å². The number of nitrogens with zero attached hydrogens (tertiary/aromatic N) is 1. The Morgan fingerprint density at radius 1 is 1.19 bits per heavy atom. The molecule has 7 heteroatoms. The summed E-state index contributed by atoms with van der Waals surface area (Å²) in [5.74, 6) is -2.26. The second-order valence-corrected chi connectivity index (χ2v) is 5.98. The van der Waals surface area contributed by atoms with Gasteiger partial charge in [-0.2, -0.15) is 0 Å². The van der Waals surface area contributed by atoms with E-state index in [-0.39, 0.29) is 24.3 Å². The van der Waals surface area contributed by atoms with Gasteiger partial charge in [-0.1, -0.05) is 6.92 Å². The molecule has 118 valence electrons. The number of piperazine rings is 1. The Balaban J connectivity index is 1.83. The lowest BCUT2D eigenvalue weighted by Crippen LogP contribution is -2.50. The van der Waals surface area contributed by atoms with E-state index in [9.17, 15) is 14.4 Å². The van der Waals surface area contributed by atoms with Crippen molar-refractivity contribution in [1.82, 2.24) is 15.5 Å². The predicted molar refractivity (Wildman–Crippen MR) is 75.5 cm³/mol. The van der Waals surface area contributed by atoms with Crippen LogP contribution in [-0.4, -0.2) is 60.5 Å². The second-order valence-electron chi connectivity index (χ2n) is 5.98. The molecule has 0 aromatic heterocycles. The molecule has 0 aromatic rings. The number of aliphatic carboxylic acids is 1. The molecule has 3 atom stereocenters. The Morgan fingerprint density at radius 2 is 1.81 bits per heavy atom. The van der Waals surface area contributed by atoms with Gasteiger partial charge >= 0.3 is 5.97 Å². The zero-order valence-electron chi connectivity index (χ0n) is 12.3. The molecular weight excluding hydrogens is 274 g/mol. The number of hydrogen-bond acceptors (Lipinski definition) is 4. The fourth-order valence-electron chi connectivity index (χ4n) is 3.17. The lowest BCUT2D eigenvalue weighted by atomic mass is 9.95. The van der Waals surface area contributed by atoms with Crippen LogP contribution in [0.25, 0.3) is 0 Å². The molecule has 1 saturated heterocycles. The van der Waals surface area contributed by atoms with E-state index in [1.165, 1.54) is 0 Å². The summed E-state index contributed by atoms with van der Waals surface area (Å²) in [6, 6.07) is 0. The minimum absolute atomic E-state index is 0.0456. The number of carboxylic acids is 1. The number of amides is 2. The minimum Gasteiger partial charge on any atom is -0.481 e. The highest BCUT2D eigenvalue weighted by Gasteiger charge is 2.41. The molecule has 1 aliphatic heterocycles. The summed E-state index contributed by atoms with van der Waals surface area (Å²) in [5.41, 5.74) is 0. The Hall–Kier alpha value is -1.63. The van der Waals surface area contributed by atoms with Crippen molar-refractivity contribution in [2.24, 2.45) is 17.8 Å². The van der Waals surface area contributed by atoms with Gasteiger partial charge in [0, 0.05) is 26.2 Å². The average molecular weight is 297 g/mol. The third-order valence-corrected chi connectivity index (χ3v) is 4.34. The lowest BCUT2D eigenvalue weighted by Gasteiger charge is -2.27. The van der Waals surface area contributed by atoms with Gasteiger partial charge < -0.3 is 20.6 Å². The Kier molecular flexibility index (Phi) is 5.17. The largest absolute Gasteiger partial charge is 0.481 e.